The van der Waals surface area contributed by atoms with Crippen molar-refractivity contribution in [1.82, 2.24) is 15.5 Å². The largest absolute Gasteiger partial charge is 0.383 e. The summed E-state index contributed by atoms with van der Waals surface area (Å²) in [6.07, 6.45) is 0. The number of nitrogens with one attached hydrogen (secondary N) is 2. The maximum atomic E-state index is 10.6. The van der Waals surface area contributed by atoms with E-state index < -0.39 is 5.60 Å². The Morgan fingerprint density at radius 3 is 2.57 bits per heavy atom. The molecule has 0 aromatic carbocycles. The molecule has 0 saturated carbocycles. The van der Waals surface area contributed by atoms with Crippen LogP contribution in [0.1, 0.15) is 39.5 Å². The number of likely N-dealkylation sites (N-methyl/N-ethyl adjacent to an activating group) is 1. The molecule has 1 aromatic rings. The van der Waals surface area contributed by atoms with Gasteiger partial charge in [0.25, 0.3) is 0 Å². The normalized spacial score (nSPS) is 16.2. The minimum atomic E-state index is -0.930. The lowest BCUT2D eigenvalue weighted by Crippen LogP contribution is -2.46. The summed E-state index contributed by atoms with van der Waals surface area (Å²) < 4.78 is 0. The third-order valence-electron chi connectivity index (χ3n) is 3.94. The van der Waals surface area contributed by atoms with Gasteiger partial charge in [0.1, 0.15) is 5.60 Å². The van der Waals surface area contributed by atoms with Crippen molar-refractivity contribution in [3.05, 3.63) is 22.4 Å². The molecule has 0 spiro atoms. The van der Waals surface area contributed by atoms with Crippen molar-refractivity contribution in [2.24, 2.45) is 4.99 Å². The van der Waals surface area contributed by atoms with Crippen LogP contribution in [-0.2, 0) is 5.60 Å². The van der Waals surface area contributed by atoms with Crippen LogP contribution in [0.3, 0.4) is 0 Å². The summed E-state index contributed by atoms with van der Waals surface area (Å²) in [5.41, 5.74) is -0.930. The van der Waals surface area contributed by atoms with Crippen molar-refractivity contribution in [1.29, 1.82) is 0 Å². The molecule has 6 heteroatoms. The highest BCUT2D eigenvalue weighted by Crippen LogP contribution is 2.25. The summed E-state index contributed by atoms with van der Waals surface area (Å²) in [5.74, 6) is 0.753. The summed E-state index contributed by atoms with van der Waals surface area (Å²) in [5, 5.41) is 19.2. The van der Waals surface area contributed by atoms with Crippen LogP contribution in [0.25, 0.3) is 0 Å². The predicted molar refractivity (Wildman–Crippen MR) is 100 cm³/mol. The number of nitrogens with zero attached hydrogens (tertiary/aromatic N) is 2. The zero-order valence-corrected chi connectivity index (χ0v) is 15.9. The lowest BCUT2D eigenvalue weighted by atomic mass is 10.1. The monoisotopic (exact) mass is 340 g/mol. The number of thiophene rings is 1. The molecule has 0 bridgehead atoms. The second-order valence-corrected chi connectivity index (χ2v) is 6.85. The van der Waals surface area contributed by atoms with Crippen LogP contribution in [0, 0.1) is 0 Å². The van der Waals surface area contributed by atoms with Gasteiger partial charge in [-0.05, 0) is 45.3 Å². The van der Waals surface area contributed by atoms with Gasteiger partial charge < -0.3 is 15.7 Å². The molecular formula is C17H32N4OS. The molecule has 0 aliphatic carbocycles. The van der Waals surface area contributed by atoms with Crippen LogP contribution in [0.15, 0.2) is 22.5 Å². The van der Waals surface area contributed by atoms with Crippen molar-refractivity contribution in [3.63, 3.8) is 0 Å². The Balaban J connectivity index is 2.63. The lowest BCUT2D eigenvalue weighted by molar-refractivity contribution is 0.0711. The SMILES string of the molecule is CCNC(=NCC(C)(O)c1cccs1)NCC(C)N(CC)CC. The van der Waals surface area contributed by atoms with E-state index in [0.29, 0.717) is 12.6 Å². The second-order valence-electron chi connectivity index (χ2n) is 5.90. The van der Waals surface area contributed by atoms with Gasteiger partial charge in [0.05, 0.1) is 6.54 Å². The van der Waals surface area contributed by atoms with E-state index >= 15 is 0 Å². The molecule has 2 atom stereocenters. The Morgan fingerprint density at radius 1 is 1.35 bits per heavy atom. The first-order chi connectivity index (χ1) is 10.9. The number of guanidine groups is 1. The van der Waals surface area contributed by atoms with Crippen molar-refractivity contribution in [3.8, 4) is 0 Å². The summed E-state index contributed by atoms with van der Waals surface area (Å²) >= 11 is 1.56. The van der Waals surface area contributed by atoms with Crippen LogP contribution >= 0.6 is 11.3 Å². The molecule has 0 radical (unpaired) electrons. The van der Waals surface area contributed by atoms with Gasteiger partial charge >= 0.3 is 0 Å². The first kappa shape index (κ1) is 19.9. The van der Waals surface area contributed by atoms with Crippen molar-refractivity contribution in [2.75, 3.05) is 32.7 Å². The fraction of sp³-hybridized carbons (Fsp3) is 0.706. The van der Waals surface area contributed by atoms with Gasteiger partial charge in [-0.2, -0.15) is 0 Å². The van der Waals surface area contributed by atoms with Crippen molar-refractivity contribution in [2.45, 2.75) is 46.3 Å². The summed E-state index contributed by atoms with van der Waals surface area (Å²) in [6, 6.07) is 4.34. The molecule has 0 aliphatic heterocycles. The highest BCUT2D eigenvalue weighted by atomic mass is 32.1. The number of rotatable bonds is 9. The maximum Gasteiger partial charge on any atom is 0.191 e. The van der Waals surface area contributed by atoms with Crippen LogP contribution in [0.4, 0.5) is 0 Å². The Hall–Kier alpha value is -1.11. The minimum absolute atomic E-state index is 0.336. The van der Waals surface area contributed by atoms with Gasteiger partial charge in [-0.15, -0.1) is 11.3 Å². The van der Waals surface area contributed by atoms with Gasteiger partial charge in [-0.25, -0.2) is 4.99 Å². The molecule has 5 nitrogen and oxygen atoms in total. The van der Waals surface area contributed by atoms with Crippen molar-refractivity contribution < 1.29 is 5.11 Å². The van der Waals surface area contributed by atoms with E-state index in [1.807, 2.05) is 31.4 Å². The predicted octanol–water partition coefficient (Wildman–Crippen LogP) is 2.24. The smallest absolute Gasteiger partial charge is 0.191 e. The zero-order valence-electron chi connectivity index (χ0n) is 15.1. The molecule has 2 unspecified atom stereocenters. The molecule has 1 heterocycles. The summed E-state index contributed by atoms with van der Waals surface area (Å²) in [4.78, 5) is 7.90. The Labute approximate surface area is 144 Å². The highest BCUT2D eigenvalue weighted by Gasteiger charge is 2.24. The standard InChI is InChI=1S/C17H32N4OS/c1-6-18-16(19-12-14(4)21(7-2)8-3)20-13-17(5,22)15-10-9-11-23-15/h9-11,14,22H,6-8,12-13H2,1-5H3,(H2,18,19,20). The third kappa shape index (κ3) is 6.49. The fourth-order valence-corrected chi connectivity index (χ4v) is 3.24. The van der Waals surface area contributed by atoms with Gasteiger partial charge in [0.15, 0.2) is 5.96 Å². The average molecular weight is 341 g/mol. The average Bonchev–Trinajstić information content (AvgIpc) is 3.06. The summed E-state index contributed by atoms with van der Waals surface area (Å²) in [6.45, 7) is 14.5. The van der Waals surface area contributed by atoms with Crippen LogP contribution < -0.4 is 10.6 Å². The van der Waals surface area contributed by atoms with Gasteiger partial charge in [-0.3, -0.25) is 4.90 Å². The van der Waals surface area contributed by atoms with Crippen LogP contribution in [0.5, 0.6) is 0 Å². The van der Waals surface area contributed by atoms with E-state index in [0.717, 1.165) is 37.0 Å². The molecule has 1 rings (SSSR count). The molecule has 0 amide bonds. The number of hydrogen-bond donors (Lipinski definition) is 3. The first-order valence-corrected chi connectivity index (χ1v) is 9.35. The molecule has 1 aromatic heterocycles. The van der Waals surface area contributed by atoms with E-state index in [-0.39, 0.29) is 0 Å². The van der Waals surface area contributed by atoms with Gasteiger partial charge in [0.2, 0.25) is 0 Å². The second kappa shape index (κ2) is 9.90. The number of hydrogen-bond acceptors (Lipinski definition) is 4. The van der Waals surface area contributed by atoms with Crippen molar-refractivity contribution >= 4 is 17.3 Å². The highest BCUT2D eigenvalue weighted by molar-refractivity contribution is 7.10. The quantitative estimate of drug-likeness (QED) is 0.477. The van der Waals surface area contributed by atoms with E-state index in [4.69, 9.17) is 0 Å². The lowest BCUT2D eigenvalue weighted by Gasteiger charge is -2.27. The van der Waals surface area contributed by atoms with Gasteiger partial charge in [0, 0.05) is 24.0 Å². The van der Waals surface area contributed by atoms with E-state index in [9.17, 15) is 5.11 Å². The minimum Gasteiger partial charge on any atom is -0.383 e. The van der Waals surface area contributed by atoms with E-state index in [2.05, 4.69) is 41.3 Å². The first-order valence-electron chi connectivity index (χ1n) is 8.47. The molecule has 132 valence electrons. The van der Waals surface area contributed by atoms with E-state index in [1.54, 1.807) is 11.3 Å². The summed E-state index contributed by atoms with van der Waals surface area (Å²) in [7, 11) is 0. The number of aliphatic imine (C=N–C) groups is 1. The van der Waals surface area contributed by atoms with Crippen LogP contribution in [-0.4, -0.2) is 54.7 Å². The Morgan fingerprint density at radius 2 is 2.04 bits per heavy atom. The van der Waals surface area contributed by atoms with Gasteiger partial charge in [-0.1, -0.05) is 19.9 Å². The zero-order chi connectivity index (χ0) is 17.3. The molecule has 0 aliphatic rings. The van der Waals surface area contributed by atoms with E-state index in [1.165, 1.54) is 0 Å². The molecule has 3 N–H and O–H groups in total. The third-order valence-corrected chi connectivity index (χ3v) is 5.06. The number of aliphatic hydroxyl groups is 1. The Kier molecular flexibility index (Phi) is 8.58. The molecule has 0 saturated heterocycles. The van der Waals surface area contributed by atoms with Crippen LogP contribution in [0.2, 0.25) is 0 Å². The fourth-order valence-electron chi connectivity index (χ4n) is 2.46. The molecular weight excluding hydrogens is 308 g/mol. The Bertz CT molecular complexity index is 455. The molecule has 0 fully saturated rings. The maximum absolute atomic E-state index is 10.6. The topological polar surface area (TPSA) is 59.9 Å². The molecule has 23 heavy (non-hydrogen) atoms.